The van der Waals surface area contributed by atoms with Gasteiger partial charge in [0.25, 0.3) is 0 Å². The highest BCUT2D eigenvalue weighted by molar-refractivity contribution is 8.00. The molecule has 0 unspecified atom stereocenters. The summed E-state index contributed by atoms with van der Waals surface area (Å²) >= 11 is 1.29. The highest BCUT2D eigenvalue weighted by atomic mass is 32.2. The Hall–Kier alpha value is -1.50. The van der Waals surface area contributed by atoms with Gasteiger partial charge in [-0.05, 0) is 12.8 Å². The summed E-state index contributed by atoms with van der Waals surface area (Å²) in [7, 11) is 1.78. The van der Waals surface area contributed by atoms with Gasteiger partial charge in [-0.3, -0.25) is 9.59 Å². The first kappa shape index (κ1) is 16.6. The van der Waals surface area contributed by atoms with Crippen LogP contribution in [-0.4, -0.2) is 47.0 Å². The molecule has 0 aliphatic rings. The normalized spacial score (nSPS) is 10.7. The van der Waals surface area contributed by atoms with E-state index in [4.69, 9.17) is 4.52 Å². The van der Waals surface area contributed by atoms with Gasteiger partial charge < -0.3 is 14.7 Å². The van der Waals surface area contributed by atoms with Crippen molar-refractivity contribution in [1.82, 2.24) is 10.1 Å². The van der Waals surface area contributed by atoms with Crippen LogP contribution in [0.3, 0.4) is 0 Å². The van der Waals surface area contributed by atoms with Gasteiger partial charge in [-0.25, -0.2) is 0 Å². The molecule has 0 aromatic carbocycles. The van der Waals surface area contributed by atoms with E-state index in [1.54, 1.807) is 24.9 Å². The first-order valence-electron chi connectivity index (χ1n) is 6.43. The predicted octanol–water partition coefficient (Wildman–Crippen LogP) is 1.77. The van der Waals surface area contributed by atoms with E-state index in [2.05, 4.69) is 24.3 Å². The standard InChI is InChI=1S/C13H21N3O3S/c1-9(2)6-16(4)13(18)8-20-7-12(17)14-11-5-10(3)19-15-11/h5,9H,6-8H2,1-4H3,(H,14,15,17). The molecular formula is C13H21N3O3S. The average molecular weight is 299 g/mol. The SMILES string of the molecule is Cc1cc(NC(=O)CSCC(=O)N(C)CC(C)C)no1. The Kier molecular flexibility index (Phi) is 6.57. The first-order valence-corrected chi connectivity index (χ1v) is 7.59. The smallest absolute Gasteiger partial charge is 0.235 e. The number of carbonyl (C=O) groups excluding carboxylic acids is 2. The summed E-state index contributed by atoms with van der Waals surface area (Å²) in [4.78, 5) is 25.1. The minimum atomic E-state index is -0.192. The second-order valence-electron chi connectivity index (χ2n) is 5.03. The molecule has 0 saturated heterocycles. The molecule has 0 aliphatic heterocycles. The summed E-state index contributed by atoms with van der Waals surface area (Å²) in [6, 6.07) is 1.64. The molecule has 1 heterocycles. The van der Waals surface area contributed by atoms with Gasteiger partial charge in [-0.1, -0.05) is 19.0 Å². The minimum Gasteiger partial charge on any atom is -0.360 e. The molecule has 1 rings (SSSR count). The van der Waals surface area contributed by atoms with Gasteiger partial charge >= 0.3 is 0 Å². The predicted molar refractivity (Wildman–Crippen MR) is 79.7 cm³/mol. The largest absolute Gasteiger partial charge is 0.360 e. The van der Waals surface area contributed by atoms with Crippen molar-refractivity contribution < 1.29 is 14.1 Å². The van der Waals surface area contributed by atoms with Crippen molar-refractivity contribution in [1.29, 1.82) is 0 Å². The second-order valence-corrected chi connectivity index (χ2v) is 6.02. The van der Waals surface area contributed by atoms with Crippen molar-refractivity contribution in [2.45, 2.75) is 20.8 Å². The molecule has 0 aliphatic carbocycles. The van der Waals surface area contributed by atoms with Gasteiger partial charge in [0.05, 0.1) is 11.5 Å². The molecule has 1 aromatic rings. The van der Waals surface area contributed by atoms with Crippen LogP contribution in [-0.2, 0) is 9.59 Å². The van der Waals surface area contributed by atoms with Gasteiger partial charge in [0, 0.05) is 19.7 Å². The first-order chi connectivity index (χ1) is 9.38. The van der Waals surface area contributed by atoms with Gasteiger partial charge in [-0.2, -0.15) is 0 Å². The number of aromatic nitrogens is 1. The summed E-state index contributed by atoms with van der Waals surface area (Å²) in [5.74, 6) is 1.83. The van der Waals surface area contributed by atoms with Gasteiger partial charge in [0.15, 0.2) is 5.82 Å². The fraction of sp³-hybridized carbons (Fsp3) is 0.615. The van der Waals surface area contributed by atoms with Crippen LogP contribution in [0.25, 0.3) is 0 Å². The summed E-state index contributed by atoms with van der Waals surface area (Å²) in [6.07, 6.45) is 0. The molecule has 0 bridgehead atoms. The lowest BCUT2D eigenvalue weighted by molar-refractivity contribution is -0.127. The van der Waals surface area contributed by atoms with Crippen molar-refractivity contribution in [3.05, 3.63) is 11.8 Å². The van der Waals surface area contributed by atoms with Crippen LogP contribution in [0.4, 0.5) is 5.82 Å². The quantitative estimate of drug-likeness (QED) is 0.830. The number of nitrogens with zero attached hydrogens (tertiary/aromatic N) is 2. The number of aryl methyl sites for hydroxylation is 1. The van der Waals surface area contributed by atoms with Crippen LogP contribution < -0.4 is 5.32 Å². The number of carbonyl (C=O) groups is 2. The number of rotatable bonds is 7. The molecule has 0 saturated carbocycles. The zero-order valence-corrected chi connectivity index (χ0v) is 13.1. The highest BCUT2D eigenvalue weighted by Crippen LogP contribution is 2.09. The van der Waals surface area contributed by atoms with Crippen molar-refractivity contribution >= 4 is 29.4 Å². The fourth-order valence-electron chi connectivity index (χ4n) is 1.60. The summed E-state index contributed by atoms with van der Waals surface area (Å²) in [5.41, 5.74) is 0. The number of amides is 2. The maximum absolute atomic E-state index is 11.8. The Morgan fingerprint density at radius 1 is 1.45 bits per heavy atom. The van der Waals surface area contributed by atoms with Gasteiger partial charge in [0.2, 0.25) is 11.8 Å². The molecular weight excluding hydrogens is 278 g/mol. The lowest BCUT2D eigenvalue weighted by atomic mass is 10.2. The van der Waals surface area contributed by atoms with E-state index >= 15 is 0 Å². The highest BCUT2D eigenvalue weighted by Gasteiger charge is 2.12. The Labute approximate surface area is 123 Å². The molecule has 0 radical (unpaired) electrons. The van der Waals surface area contributed by atoms with Crippen LogP contribution in [0.15, 0.2) is 10.6 Å². The Morgan fingerprint density at radius 2 is 2.15 bits per heavy atom. The van der Waals surface area contributed by atoms with E-state index in [1.807, 2.05) is 0 Å². The maximum Gasteiger partial charge on any atom is 0.235 e. The van der Waals surface area contributed by atoms with Crippen LogP contribution >= 0.6 is 11.8 Å². The number of anilines is 1. The maximum atomic E-state index is 11.8. The third-order valence-electron chi connectivity index (χ3n) is 2.42. The van der Waals surface area contributed by atoms with Crippen molar-refractivity contribution in [2.75, 3.05) is 30.4 Å². The monoisotopic (exact) mass is 299 g/mol. The Morgan fingerprint density at radius 3 is 2.70 bits per heavy atom. The van der Waals surface area contributed by atoms with Crippen LogP contribution in [0.5, 0.6) is 0 Å². The third-order valence-corrected chi connectivity index (χ3v) is 3.34. The van der Waals surface area contributed by atoms with Gasteiger partial charge in [-0.15, -0.1) is 11.8 Å². The molecule has 0 atom stereocenters. The minimum absolute atomic E-state index is 0.0359. The molecule has 7 heteroatoms. The fourth-order valence-corrected chi connectivity index (χ4v) is 2.35. The third kappa shape index (κ3) is 6.10. The van der Waals surface area contributed by atoms with Crippen molar-refractivity contribution in [3.63, 3.8) is 0 Å². The lowest BCUT2D eigenvalue weighted by Crippen LogP contribution is -2.32. The van der Waals surface area contributed by atoms with E-state index in [0.717, 1.165) is 6.54 Å². The molecule has 0 spiro atoms. The summed E-state index contributed by atoms with van der Waals surface area (Å²) in [6.45, 7) is 6.60. The van der Waals surface area contributed by atoms with E-state index in [1.165, 1.54) is 11.8 Å². The average Bonchev–Trinajstić information content (AvgIpc) is 2.73. The summed E-state index contributed by atoms with van der Waals surface area (Å²) < 4.78 is 4.84. The van der Waals surface area contributed by atoms with Crippen molar-refractivity contribution in [3.8, 4) is 0 Å². The molecule has 0 fully saturated rings. The van der Waals surface area contributed by atoms with Gasteiger partial charge in [0.1, 0.15) is 5.76 Å². The van der Waals surface area contributed by atoms with Crippen LogP contribution in [0.1, 0.15) is 19.6 Å². The van der Waals surface area contributed by atoms with E-state index in [0.29, 0.717) is 23.2 Å². The zero-order chi connectivity index (χ0) is 15.1. The molecule has 6 nitrogen and oxygen atoms in total. The molecule has 1 N–H and O–H groups in total. The molecule has 2 amide bonds. The number of hydrogen-bond donors (Lipinski definition) is 1. The lowest BCUT2D eigenvalue weighted by Gasteiger charge is -2.18. The van der Waals surface area contributed by atoms with Crippen LogP contribution in [0.2, 0.25) is 0 Å². The Balaban J connectivity index is 2.23. The summed E-state index contributed by atoms with van der Waals surface area (Å²) in [5, 5.41) is 6.28. The Bertz CT molecular complexity index is 459. The zero-order valence-electron chi connectivity index (χ0n) is 12.3. The van der Waals surface area contributed by atoms with E-state index in [9.17, 15) is 9.59 Å². The van der Waals surface area contributed by atoms with E-state index < -0.39 is 0 Å². The van der Waals surface area contributed by atoms with Crippen molar-refractivity contribution in [2.24, 2.45) is 5.92 Å². The van der Waals surface area contributed by atoms with Crippen LogP contribution in [0, 0.1) is 12.8 Å². The second kappa shape index (κ2) is 7.94. The number of nitrogens with one attached hydrogen (secondary N) is 1. The molecule has 20 heavy (non-hydrogen) atoms. The molecule has 112 valence electrons. The number of thioether (sulfide) groups is 1. The number of hydrogen-bond acceptors (Lipinski definition) is 5. The topological polar surface area (TPSA) is 75.4 Å². The van der Waals surface area contributed by atoms with E-state index in [-0.39, 0.29) is 17.6 Å². The molecule has 1 aromatic heterocycles.